The predicted octanol–water partition coefficient (Wildman–Crippen LogP) is 3.82. The van der Waals surface area contributed by atoms with Crippen molar-refractivity contribution in [2.75, 3.05) is 11.4 Å². The summed E-state index contributed by atoms with van der Waals surface area (Å²) in [6, 6.07) is 26.7. The maximum Gasteiger partial charge on any atom is 0.325 e. The molecule has 150 valence electrons. The largest absolute Gasteiger partial charge is 0.325 e. The molecule has 1 N–H and O–H groups in total. The zero-order valence-electron chi connectivity index (χ0n) is 16.5. The summed E-state index contributed by atoms with van der Waals surface area (Å²) in [7, 11) is 0. The summed E-state index contributed by atoms with van der Waals surface area (Å²) in [4.78, 5) is 41.6. The summed E-state index contributed by atoms with van der Waals surface area (Å²) in [5.74, 6) is -0.832. The number of nitrogens with one attached hydrogen (secondary N) is 1. The first kappa shape index (κ1) is 19.4. The van der Waals surface area contributed by atoms with Gasteiger partial charge in [-0.2, -0.15) is 0 Å². The van der Waals surface area contributed by atoms with E-state index in [0.717, 1.165) is 4.90 Å². The molecule has 1 fully saturated rings. The maximum absolute atomic E-state index is 13.3. The second kappa shape index (κ2) is 7.83. The first-order valence-electron chi connectivity index (χ1n) is 9.63. The molecule has 3 aromatic rings. The second-order valence-corrected chi connectivity index (χ2v) is 7.21. The highest BCUT2D eigenvalue weighted by molar-refractivity contribution is 6.11. The highest BCUT2D eigenvalue weighted by Crippen LogP contribution is 2.30. The Balaban J connectivity index is 1.63. The van der Waals surface area contributed by atoms with E-state index in [1.807, 2.05) is 66.7 Å². The minimum Gasteiger partial charge on any atom is -0.319 e. The molecule has 30 heavy (non-hydrogen) atoms. The van der Waals surface area contributed by atoms with Gasteiger partial charge < -0.3 is 5.32 Å². The molecule has 4 amide bonds. The molecule has 4 rings (SSSR count). The molecule has 1 saturated heterocycles. The Labute approximate surface area is 174 Å². The Morgan fingerprint density at radius 3 is 1.80 bits per heavy atom. The summed E-state index contributed by atoms with van der Waals surface area (Å²) in [6.07, 6.45) is 0. The van der Waals surface area contributed by atoms with Crippen LogP contribution in [0.3, 0.4) is 0 Å². The van der Waals surface area contributed by atoms with Crippen LogP contribution in [0.2, 0.25) is 0 Å². The van der Waals surface area contributed by atoms with Crippen molar-refractivity contribution in [1.82, 2.24) is 10.2 Å². The third-order valence-corrected chi connectivity index (χ3v) is 5.20. The van der Waals surface area contributed by atoms with Crippen LogP contribution in [0.25, 0.3) is 0 Å². The van der Waals surface area contributed by atoms with E-state index in [1.54, 1.807) is 31.2 Å². The van der Waals surface area contributed by atoms with Gasteiger partial charge in [-0.15, -0.1) is 0 Å². The number of anilines is 2. The van der Waals surface area contributed by atoms with Crippen LogP contribution in [0.15, 0.2) is 91.0 Å². The van der Waals surface area contributed by atoms with Crippen molar-refractivity contribution in [2.24, 2.45) is 0 Å². The van der Waals surface area contributed by atoms with Gasteiger partial charge in [-0.1, -0.05) is 66.7 Å². The summed E-state index contributed by atoms with van der Waals surface area (Å²) in [5.41, 5.74) is 0.780. The number of carbonyl (C=O) groups is 3. The van der Waals surface area contributed by atoms with Gasteiger partial charge in [0.05, 0.1) is 0 Å². The van der Waals surface area contributed by atoms with E-state index >= 15 is 0 Å². The first-order chi connectivity index (χ1) is 14.5. The smallest absolute Gasteiger partial charge is 0.319 e. The number of nitrogens with zero attached hydrogens (tertiary/aromatic N) is 2. The van der Waals surface area contributed by atoms with Crippen LogP contribution in [0.4, 0.5) is 16.2 Å². The number of hydrogen-bond donors (Lipinski definition) is 1. The molecule has 3 aromatic carbocycles. The van der Waals surface area contributed by atoms with Crippen LogP contribution >= 0.6 is 0 Å². The molecule has 0 bridgehead atoms. The van der Waals surface area contributed by atoms with Crippen LogP contribution in [0, 0.1) is 0 Å². The Kier molecular flexibility index (Phi) is 5.06. The zero-order chi connectivity index (χ0) is 21.1. The number of para-hydroxylation sites is 2. The molecule has 1 heterocycles. The summed E-state index contributed by atoms with van der Waals surface area (Å²) >= 11 is 0. The van der Waals surface area contributed by atoms with E-state index in [0.29, 0.717) is 16.9 Å². The number of hydrogen-bond acceptors (Lipinski definition) is 3. The standard InChI is InChI=1S/C24H21N3O3/c1-24(18-11-5-2-6-12-18)22(29)26(23(30)25-24)17-21(28)27(19-13-7-3-8-14-19)20-15-9-4-10-16-20/h2-16H,17H2,1H3,(H,25,30)/t24-/m0/s1. The lowest BCUT2D eigenvalue weighted by atomic mass is 9.92. The predicted molar refractivity (Wildman–Crippen MR) is 114 cm³/mol. The molecule has 6 heteroatoms. The normalized spacial score (nSPS) is 18.2. The van der Waals surface area contributed by atoms with Crippen molar-refractivity contribution in [1.29, 1.82) is 0 Å². The molecular weight excluding hydrogens is 378 g/mol. The fraction of sp³-hybridized carbons (Fsp3) is 0.125. The van der Waals surface area contributed by atoms with Gasteiger partial charge in [0.15, 0.2) is 0 Å². The van der Waals surface area contributed by atoms with Gasteiger partial charge in [0.1, 0.15) is 12.1 Å². The van der Waals surface area contributed by atoms with E-state index in [1.165, 1.54) is 4.90 Å². The van der Waals surface area contributed by atoms with Gasteiger partial charge in [0.25, 0.3) is 11.8 Å². The molecule has 1 atom stereocenters. The highest BCUT2D eigenvalue weighted by Gasteiger charge is 2.49. The molecule has 1 aliphatic heterocycles. The van der Waals surface area contributed by atoms with Crippen molar-refractivity contribution >= 4 is 29.2 Å². The van der Waals surface area contributed by atoms with Gasteiger partial charge >= 0.3 is 6.03 Å². The number of imide groups is 1. The fourth-order valence-corrected chi connectivity index (χ4v) is 3.60. The maximum atomic E-state index is 13.3. The van der Waals surface area contributed by atoms with Gasteiger partial charge in [0.2, 0.25) is 0 Å². The molecule has 0 aromatic heterocycles. The van der Waals surface area contributed by atoms with Crippen molar-refractivity contribution in [3.63, 3.8) is 0 Å². The third-order valence-electron chi connectivity index (χ3n) is 5.20. The zero-order valence-corrected chi connectivity index (χ0v) is 16.5. The van der Waals surface area contributed by atoms with E-state index < -0.39 is 17.5 Å². The summed E-state index contributed by atoms with van der Waals surface area (Å²) < 4.78 is 0. The summed E-state index contributed by atoms with van der Waals surface area (Å²) in [5, 5.41) is 2.74. The monoisotopic (exact) mass is 399 g/mol. The number of carbonyl (C=O) groups excluding carboxylic acids is 3. The Hall–Kier alpha value is -3.93. The van der Waals surface area contributed by atoms with E-state index in [-0.39, 0.29) is 12.5 Å². The Bertz CT molecular complexity index is 1030. The minimum absolute atomic E-state index is 0.364. The minimum atomic E-state index is -1.21. The quantitative estimate of drug-likeness (QED) is 0.663. The van der Waals surface area contributed by atoms with Crippen LogP contribution in [-0.2, 0) is 15.1 Å². The molecule has 1 aliphatic rings. The van der Waals surface area contributed by atoms with Crippen molar-refractivity contribution in [2.45, 2.75) is 12.5 Å². The lowest BCUT2D eigenvalue weighted by Gasteiger charge is -2.25. The van der Waals surface area contributed by atoms with Crippen LogP contribution in [0.1, 0.15) is 12.5 Å². The van der Waals surface area contributed by atoms with E-state index in [9.17, 15) is 14.4 Å². The van der Waals surface area contributed by atoms with E-state index in [4.69, 9.17) is 0 Å². The van der Waals surface area contributed by atoms with Gasteiger partial charge in [-0.3, -0.25) is 19.4 Å². The molecule has 0 spiro atoms. The van der Waals surface area contributed by atoms with Gasteiger partial charge in [-0.05, 0) is 36.8 Å². The van der Waals surface area contributed by atoms with Gasteiger partial charge in [0, 0.05) is 11.4 Å². The summed E-state index contributed by atoms with van der Waals surface area (Å²) in [6.45, 7) is 1.29. The molecule has 6 nitrogen and oxygen atoms in total. The lowest BCUT2D eigenvalue weighted by Crippen LogP contribution is -2.43. The average molecular weight is 399 g/mol. The average Bonchev–Trinajstić information content (AvgIpc) is 3.00. The van der Waals surface area contributed by atoms with Crippen LogP contribution in [0.5, 0.6) is 0 Å². The topological polar surface area (TPSA) is 69.7 Å². The van der Waals surface area contributed by atoms with Crippen molar-refractivity contribution in [3.05, 3.63) is 96.6 Å². The van der Waals surface area contributed by atoms with Crippen molar-refractivity contribution in [3.8, 4) is 0 Å². The number of urea groups is 1. The highest BCUT2D eigenvalue weighted by atomic mass is 16.2. The molecule has 0 saturated carbocycles. The Morgan fingerprint density at radius 2 is 1.30 bits per heavy atom. The first-order valence-corrected chi connectivity index (χ1v) is 9.63. The SMILES string of the molecule is C[C@@]1(c2ccccc2)NC(=O)N(CC(=O)N(c2ccccc2)c2ccccc2)C1=O. The Morgan fingerprint density at radius 1 is 0.833 bits per heavy atom. The van der Waals surface area contributed by atoms with Crippen LogP contribution in [-0.4, -0.2) is 29.3 Å². The molecule has 0 aliphatic carbocycles. The number of rotatable bonds is 5. The second-order valence-electron chi connectivity index (χ2n) is 7.21. The fourth-order valence-electron chi connectivity index (χ4n) is 3.60. The number of benzene rings is 3. The third kappa shape index (κ3) is 3.43. The van der Waals surface area contributed by atoms with Gasteiger partial charge in [-0.25, -0.2) is 4.79 Å². The molecular formula is C24H21N3O3. The molecule has 0 unspecified atom stereocenters. The van der Waals surface area contributed by atoms with E-state index in [2.05, 4.69) is 5.32 Å². The van der Waals surface area contributed by atoms with Crippen molar-refractivity contribution < 1.29 is 14.4 Å². The number of amides is 4. The molecule has 0 radical (unpaired) electrons. The lowest BCUT2D eigenvalue weighted by molar-refractivity contribution is -0.134. The van der Waals surface area contributed by atoms with Crippen LogP contribution < -0.4 is 10.2 Å².